The molecule has 4 saturated carbocycles. The highest BCUT2D eigenvalue weighted by molar-refractivity contribution is 6.02. The Morgan fingerprint density at radius 1 is 0.400 bits per heavy atom. The maximum atomic E-state index is 2.63. The van der Waals surface area contributed by atoms with E-state index in [4.69, 9.17) is 0 Å². The average Bonchev–Trinajstić information content (AvgIpc) is 3.70. The molecule has 6 aliphatic rings. The number of benzene rings is 8. The molecule has 4 bridgehead atoms. The topological polar surface area (TPSA) is 3.24 Å². The van der Waals surface area contributed by atoms with E-state index < -0.39 is 0 Å². The van der Waals surface area contributed by atoms with Crippen molar-refractivity contribution in [2.75, 3.05) is 4.90 Å². The molecule has 1 heteroatoms. The molecule has 8 aromatic rings. The first-order valence-corrected chi connectivity index (χ1v) is 22.4. The van der Waals surface area contributed by atoms with Crippen molar-refractivity contribution in [3.63, 3.8) is 0 Å². The van der Waals surface area contributed by atoms with Gasteiger partial charge in [0.1, 0.15) is 0 Å². The number of nitrogens with zero attached hydrogens (tertiary/aromatic N) is 1. The third-order valence-corrected chi connectivity index (χ3v) is 16.0. The molecule has 1 spiro atoms. The first-order chi connectivity index (χ1) is 29.5. The molecule has 0 N–H and O–H groups in total. The lowest BCUT2D eigenvalue weighted by Crippen LogP contribution is -2.55. The number of fused-ring (bicyclic) bond motifs is 7. The molecule has 0 amide bonds. The van der Waals surface area contributed by atoms with E-state index in [1.807, 2.05) is 0 Å². The van der Waals surface area contributed by atoms with Gasteiger partial charge in [-0.15, -0.1) is 0 Å². The van der Waals surface area contributed by atoms with Crippen molar-refractivity contribution in [2.24, 2.45) is 23.7 Å². The summed E-state index contributed by atoms with van der Waals surface area (Å²) < 4.78 is 0. The van der Waals surface area contributed by atoms with Crippen molar-refractivity contribution in [2.45, 2.75) is 56.8 Å². The summed E-state index contributed by atoms with van der Waals surface area (Å²) in [5, 5.41) is 2.72. The average molecular weight is 772 g/mol. The fourth-order valence-corrected chi connectivity index (χ4v) is 13.7. The first kappa shape index (κ1) is 34.7. The lowest BCUT2D eigenvalue weighted by atomic mass is 9.43. The van der Waals surface area contributed by atoms with E-state index in [2.05, 4.69) is 195 Å². The minimum absolute atomic E-state index is 0.0839. The third kappa shape index (κ3) is 4.75. The zero-order valence-corrected chi connectivity index (χ0v) is 34.5. The molecule has 0 heterocycles. The summed E-state index contributed by atoms with van der Waals surface area (Å²) in [5.74, 6) is 3.22. The van der Waals surface area contributed by atoms with Gasteiger partial charge >= 0.3 is 0 Å². The molecule has 0 unspecified atom stereocenters. The van der Waals surface area contributed by atoms with Gasteiger partial charge in [0.05, 0.1) is 5.69 Å². The van der Waals surface area contributed by atoms with E-state index in [0.717, 1.165) is 17.5 Å². The van der Waals surface area contributed by atoms with Crippen LogP contribution in [0.2, 0.25) is 0 Å². The van der Waals surface area contributed by atoms with Crippen LogP contribution in [0.5, 0.6) is 0 Å². The Morgan fingerprint density at radius 3 is 1.75 bits per heavy atom. The lowest BCUT2D eigenvalue weighted by molar-refractivity contribution is -0.0398. The van der Waals surface area contributed by atoms with E-state index in [1.165, 1.54) is 110 Å². The van der Waals surface area contributed by atoms with Crippen LogP contribution in [0, 0.1) is 23.7 Å². The molecule has 14 rings (SSSR count). The van der Waals surface area contributed by atoms with Gasteiger partial charge in [-0.3, -0.25) is 0 Å². The van der Waals surface area contributed by atoms with Crippen LogP contribution in [0.3, 0.4) is 0 Å². The van der Waals surface area contributed by atoms with Crippen molar-refractivity contribution in [1.82, 2.24) is 0 Å². The Kier molecular flexibility index (Phi) is 7.32. The highest BCUT2D eigenvalue weighted by Gasteiger charge is 2.62. The monoisotopic (exact) mass is 771 g/mol. The quantitative estimate of drug-likeness (QED) is 0.168. The van der Waals surface area contributed by atoms with Crippen LogP contribution in [-0.2, 0) is 10.8 Å². The van der Waals surface area contributed by atoms with Crippen LogP contribution >= 0.6 is 0 Å². The Bertz CT molecular complexity index is 2990. The summed E-state index contributed by atoms with van der Waals surface area (Å²) in [6.07, 6.45) is 6.98. The van der Waals surface area contributed by atoms with Gasteiger partial charge in [-0.2, -0.15) is 0 Å². The minimum Gasteiger partial charge on any atom is -0.310 e. The number of para-hydroxylation sites is 1. The molecule has 0 atom stereocenters. The first-order valence-electron chi connectivity index (χ1n) is 22.4. The van der Waals surface area contributed by atoms with Crippen LogP contribution in [0.25, 0.3) is 55.3 Å². The second kappa shape index (κ2) is 12.7. The van der Waals surface area contributed by atoms with Crippen LogP contribution in [0.1, 0.15) is 68.2 Å². The molecular weight excluding hydrogens is 723 g/mol. The molecule has 1 nitrogen and oxygen atoms in total. The molecule has 0 radical (unpaired) electrons. The predicted molar refractivity (Wildman–Crippen MR) is 250 cm³/mol. The normalized spacial score (nSPS) is 23.4. The standard InChI is InChI=1S/C59H49N/c1-58(2)52-20-10-8-17-47(52)48-28-27-46(36-54(48)58)60(45-25-23-40(24-26-45)39-13-4-3-5-14-39)56-22-11-9-18-49(56)50-19-12-21-53-57(50)51-34-41-15-6-7-16-42(41)35-55(51)59(53)43-30-37-29-38(32-43)33-44(59)31-37/h3-28,34-38,43-44H,29-33H2,1-2H3. The highest BCUT2D eigenvalue weighted by atomic mass is 15.1. The summed E-state index contributed by atoms with van der Waals surface area (Å²) in [6.45, 7) is 4.78. The summed E-state index contributed by atoms with van der Waals surface area (Å²) in [6, 6.07) is 67.1. The Morgan fingerprint density at radius 2 is 0.983 bits per heavy atom. The summed E-state index contributed by atoms with van der Waals surface area (Å²) in [4.78, 5) is 2.54. The zero-order valence-electron chi connectivity index (χ0n) is 34.5. The van der Waals surface area contributed by atoms with Gasteiger partial charge in [-0.1, -0.05) is 147 Å². The Balaban J connectivity index is 1.04. The fraction of sp³-hybridized carbons (Fsp3) is 0.220. The van der Waals surface area contributed by atoms with Gasteiger partial charge in [-0.25, -0.2) is 0 Å². The van der Waals surface area contributed by atoms with Crippen molar-refractivity contribution in [3.05, 3.63) is 198 Å². The summed E-state index contributed by atoms with van der Waals surface area (Å²) >= 11 is 0. The maximum absolute atomic E-state index is 2.63. The van der Waals surface area contributed by atoms with Crippen LogP contribution in [0.15, 0.2) is 176 Å². The van der Waals surface area contributed by atoms with E-state index >= 15 is 0 Å². The molecule has 0 saturated heterocycles. The molecule has 60 heavy (non-hydrogen) atoms. The van der Waals surface area contributed by atoms with Gasteiger partial charge in [0, 0.05) is 27.8 Å². The molecule has 0 aliphatic heterocycles. The SMILES string of the molecule is CC1(C)c2ccccc2-c2ccc(N(c3ccc(-c4ccccc4)cc3)c3ccccc3-c3cccc4c3-c3cc5ccccc5cc3C43C4CC5CC(C4)CC3C5)cc21. The van der Waals surface area contributed by atoms with E-state index in [9.17, 15) is 0 Å². The van der Waals surface area contributed by atoms with E-state index in [0.29, 0.717) is 11.8 Å². The molecule has 4 fully saturated rings. The number of rotatable bonds is 5. The molecule has 290 valence electrons. The van der Waals surface area contributed by atoms with Crippen molar-refractivity contribution < 1.29 is 0 Å². The molecule has 0 aromatic heterocycles. The predicted octanol–water partition coefficient (Wildman–Crippen LogP) is 15.7. The van der Waals surface area contributed by atoms with Crippen LogP contribution in [0.4, 0.5) is 17.1 Å². The van der Waals surface area contributed by atoms with Gasteiger partial charge in [0.25, 0.3) is 0 Å². The maximum Gasteiger partial charge on any atom is 0.0540 e. The molecular formula is C59H49N. The van der Waals surface area contributed by atoms with Gasteiger partial charge in [0.2, 0.25) is 0 Å². The smallest absolute Gasteiger partial charge is 0.0540 e. The van der Waals surface area contributed by atoms with Gasteiger partial charge < -0.3 is 4.90 Å². The second-order valence-corrected chi connectivity index (χ2v) is 19.3. The number of hydrogen-bond donors (Lipinski definition) is 0. The van der Waals surface area contributed by atoms with Crippen molar-refractivity contribution in [1.29, 1.82) is 0 Å². The Hall–Kier alpha value is -6.18. The molecule has 6 aliphatic carbocycles. The highest BCUT2D eigenvalue weighted by Crippen LogP contribution is 2.70. The fourth-order valence-electron chi connectivity index (χ4n) is 13.7. The second-order valence-electron chi connectivity index (χ2n) is 19.3. The minimum atomic E-state index is -0.107. The Labute approximate surface area is 354 Å². The number of hydrogen-bond acceptors (Lipinski definition) is 1. The van der Waals surface area contributed by atoms with E-state index in [-0.39, 0.29) is 10.8 Å². The van der Waals surface area contributed by atoms with Crippen LogP contribution < -0.4 is 4.90 Å². The number of anilines is 3. The van der Waals surface area contributed by atoms with Crippen LogP contribution in [-0.4, -0.2) is 0 Å². The van der Waals surface area contributed by atoms with Crippen molar-refractivity contribution >= 4 is 27.8 Å². The van der Waals surface area contributed by atoms with Crippen molar-refractivity contribution in [3.8, 4) is 44.5 Å². The molecule has 8 aromatic carbocycles. The lowest BCUT2D eigenvalue weighted by Gasteiger charge is -2.61. The van der Waals surface area contributed by atoms with E-state index in [1.54, 1.807) is 11.1 Å². The summed E-state index contributed by atoms with van der Waals surface area (Å²) in [5.41, 5.74) is 20.3. The largest absolute Gasteiger partial charge is 0.310 e. The zero-order chi connectivity index (χ0) is 39.7. The van der Waals surface area contributed by atoms with Gasteiger partial charge in [-0.05, 0) is 170 Å². The third-order valence-electron chi connectivity index (χ3n) is 16.0. The summed E-state index contributed by atoms with van der Waals surface area (Å²) in [7, 11) is 0. The van der Waals surface area contributed by atoms with Gasteiger partial charge in [0.15, 0.2) is 0 Å².